The maximum atomic E-state index is 13.3. The van der Waals surface area contributed by atoms with Crippen LogP contribution in [-0.2, 0) is 6.42 Å². The van der Waals surface area contributed by atoms with Crippen LogP contribution < -0.4 is 0 Å². The predicted octanol–water partition coefficient (Wildman–Crippen LogP) is 5.35. The number of hydrogen-bond donors (Lipinski definition) is 1. The van der Waals surface area contributed by atoms with Crippen LogP contribution in [0, 0.1) is 22.6 Å². The monoisotopic (exact) mass is 356 g/mol. The molecule has 0 heterocycles. The normalized spacial score (nSPS) is 26.9. The summed E-state index contributed by atoms with van der Waals surface area (Å²) in [6.45, 7) is 7.14. The maximum Gasteiger partial charge on any atom is 0.137 e. The summed E-state index contributed by atoms with van der Waals surface area (Å²) in [5.41, 5.74) is 1.42. The minimum atomic E-state index is -0.228. The second-order valence-electron chi connectivity index (χ2n) is 7.72. The Morgan fingerprint density at radius 3 is 2.38 bits per heavy atom. The van der Waals surface area contributed by atoms with Gasteiger partial charge in [-0.05, 0) is 82.5 Å². The van der Waals surface area contributed by atoms with E-state index in [-0.39, 0.29) is 17.8 Å². The Morgan fingerprint density at radius 1 is 1.29 bits per heavy atom. The van der Waals surface area contributed by atoms with Crippen molar-refractivity contribution in [2.75, 3.05) is 6.61 Å². The summed E-state index contributed by atoms with van der Waals surface area (Å²) >= 11 is 3.25. The van der Waals surface area contributed by atoms with Crippen molar-refractivity contribution in [3.05, 3.63) is 34.1 Å². The van der Waals surface area contributed by atoms with Crippen molar-refractivity contribution in [2.45, 2.75) is 52.9 Å². The highest BCUT2D eigenvalue weighted by Gasteiger charge is 2.38. The minimum absolute atomic E-state index is 0.0288. The van der Waals surface area contributed by atoms with E-state index in [1.807, 2.05) is 12.1 Å². The Kier molecular flexibility index (Phi) is 5.15. The lowest BCUT2D eigenvalue weighted by Gasteiger charge is -2.43. The number of aliphatic hydroxyl groups excluding tert-OH is 1. The Labute approximate surface area is 136 Å². The van der Waals surface area contributed by atoms with Crippen molar-refractivity contribution in [1.82, 2.24) is 0 Å². The highest BCUT2D eigenvalue weighted by molar-refractivity contribution is 9.10. The smallest absolute Gasteiger partial charge is 0.137 e. The summed E-state index contributed by atoms with van der Waals surface area (Å²) in [4.78, 5) is 0. The number of halogens is 2. The van der Waals surface area contributed by atoms with E-state index in [4.69, 9.17) is 0 Å². The number of hydrogen-bond acceptors (Lipinski definition) is 1. The van der Waals surface area contributed by atoms with Gasteiger partial charge in [-0.2, -0.15) is 0 Å². The Morgan fingerprint density at radius 2 is 1.90 bits per heavy atom. The van der Waals surface area contributed by atoms with E-state index in [2.05, 4.69) is 36.7 Å². The third-order valence-electron chi connectivity index (χ3n) is 5.17. The summed E-state index contributed by atoms with van der Waals surface area (Å²) in [6.07, 6.45) is 5.29. The first-order valence-electron chi connectivity index (χ1n) is 7.81. The summed E-state index contributed by atoms with van der Waals surface area (Å²) in [5.74, 6) is 0.505. The molecule has 1 aromatic rings. The van der Waals surface area contributed by atoms with Crippen LogP contribution in [0.2, 0.25) is 0 Å². The van der Waals surface area contributed by atoms with E-state index in [0.717, 1.165) is 30.7 Å². The van der Waals surface area contributed by atoms with Gasteiger partial charge >= 0.3 is 0 Å². The van der Waals surface area contributed by atoms with E-state index in [1.54, 1.807) is 0 Å². The lowest BCUT2D eigenvalue weighted by molar-refractivity contribution is 0.0369. The fourth-order valence-electron chi connectivity index (χ4n) is 3.57. The number of aliphatic hydroxyl groups is 1. The van der Waals surface area contributed by atoms with Crippen molar-refractivity contribution in [3.63, 3.8) is 0 Å². The van der Waals surface area contributed by atoms with Gasteiger partial charge in [-0.15, -0.1) is 0 Å². The molecule has 0 aromatic heterocycles. The molecule has 0 bridgehead atoms. The van der Waals surface area contributed by atoms with Crippen LogP contribution >= 0.6 is 15.9 Å². The molecule has 1 nitrogen and oxygen atoms in total. The maximum absolute atomic E-state index is 13.3. The molecule has 1 aliphatic rings. The van der Waals surface area contributed by atoms with Gasteiger partial charge in [0, 0.05) is 6.61 Å². The Balaban J connectivity index is 2.08. The molecule has 118 valence electrons. The molecule has 0 unspecified atom stereocenters. The van der Waals surface area contributed by atoms with Crippen LogP contribution in [0.15, 0.2) is 22.7 Å². The molecule has 3 heteroatoms. The lowest BCUT2D eigenvalue weighted by Crippen LogP contribution is -2.36. The van der Waals surface area contributed by atoms with Crippen molar-refractivity contribution in [1.29, 1.82) is 0 Å². The van der Waals surface area contributed by atoms with E-state index in [0.29, 0.717) is 9.89 Å². The van der Waals surface area contributed by atoms with Crippen LogP contribution in [0.3, 0.4) is 0 Å². The van der Waals surface area contributed by atoms with Gasteiger partial charge in [0.2, 0.25) is 0 Å². The largest absolute Gasteiger partial charge is 0.396 e. The van der Waals surface area contributed by atoms with Crippen LogP contribution in [0.4, 0.5) is 4.39 Å². The highest BCUT2D eigenvalue weighted by atomic mass is 79.9. The summed E-state index contributed by atoms with van der Waals surface area (Å²) in [5, 5.41) is 9.93. The quantitative estimate of drug-likeness (QED) is 0.774. The van der Waals surface area contributed by atoms with Gasteiger partial charge in [-0.3, -0.25) is 0 Å². The zero-order chi connectivity index (χ0) is 15.7. The molecule has 21 heavy (non-hydrogen) atoms. The standard InChI is InChI=1S/C18H26BrFO/c1-17(2,3)14-6-8-18(12-21,9-7-14)11-13-4-5-16(20)15(19)10-13/h4-5,10,14,21H,6-9,11-12H2,1-3H3. The van der Waals surface area contributed by atoms with E-state index < -0.39 is 0 Å². The van der Waals surface area contributed by atoms with Crippen LogP contribution in [0.1, 0.15) is 52.0 Å². The Hall–Kier alpha value is -0.410. The third-order valence-corrected chi connectivity index (χ3v) is 5.78. The molecule has 2 rings (SSSR count). The third kappa shape index (κ3) is 4.07. The van der Waals surface area contributed by atoms with Crippen molar-refractivity contribution in [3.8, 4) is 0 Å². The van der Waals surface area contributed by atoms with Crippen LogP contribution in [0.5, 0.6) is 0 Å². The van der Waals surface area contributed by atoms with Gasteiger partial charge in [0.1, 0.15) is 5.82 Å². The van der Waals surface area contributed by atoms with Crippen molar-refractivity contribution in [2.24, 2.45) is 16.7 Å². The molecule has 1 N–H and O–H groups in total. The molecule has 1 fully saturated rings. The summed E-state index contributed by atoms with van der Waals surface area (Å²) < 4.78 is 13.9. The second kappa shape index (κ2) is 6.37. The predicted molar refractivity (Wildman–Crippen MR) is 88.7 cm³/mol. The van der Waals surface area contributed by atoms with Gasteiger partial charge < -0.3 is 5.11 Å². The van der Waals surface area contributed by atoms with E-state index >= 15 is 0 Å². The van der Waals surface area contributed by atoms with Crippen LogP contribution in [-0.4, -0.2) is 11.7 Å². The van der Waals surface area contributed by atoms with Crippen molar-refractivity contribution >= 4 is 15.9 Å². The Bertz CT molecular complexity index is 484. The summed E-state index contributed by atoms with van der Waals surface area (Å²) in [7, 11) is 0. The first kappa shape index (κ1) is 17.0. The topological polar surface area (TPSA) is 20.2 Å². The van der Waals surface area contributed by atoms with Gasteiger partial charge in [0.05, 0.1) is 4.47 Å². The van der Waals surface area contributed by atoms with Gasteiger partial charge in [0.15, 0.2) is 0 Å². The average Bonchev–Trinajstić information content (AvgIpc) is 2.42. The van der Waals surface area contributed by atoms with Gasteiger partial charge in [-0.1, -0.05) is 26.8 Å². The minimum Gasteiger partial charge on any atom is -0.396 e. The van der Waals surface area contributed by atoms with Gasteiger partial charge in [-0.25, -0.2) is 4.39 Å². The molecular weight excluding hydrogens is 331 g/mol. The fourth-order valence-corrected chi connectivity index (χ4v) is 4.00. The molecule has 0 saturated heterocycles. The molecular formula is C18H26BrFO. The number of rotatable bonds is 3. The molecule has 0 spiro atoms. The first-order chi connectivity index (χ1) is 9.76. The zero-order valence-electron chi connectivity index (χ0n) is 13.3. The molecule has 0 aliphatic heterocycles. The molecule has 1 saturated carbocycles. The molecule has 0 atom stereocenters. The molecule has 0 amide bonds. The summed E-state index contributed by atoms with van der Waals surface area (Å²) in [6, 6.07) is 5.20. The second-order valence-corrected chi connectivity index (χ2v) is 8.58. The highest BCUT2D eigenvalue weighted by Crippen LogP contribution is 2.46. The molecule has 1 aromatic carbocycles. The van der Waals surface area contributed by atoms with Crippen molar-refractivity contribution < 1.29 is 9.50 Å². The van der Waals surface area contributed by atoms with E-state index in [1.165, 1.54) is 18.9 Å². The number of benzene rings is 1. The fraction of sp³-hybridized carbons (Fsp3) is 0.667. The zero-order valence-corrected chi connectivity index (χ0v) is 14.8. The lowest BCUT2D eigenvalue weighted by atomic mass is 9.62. The van der Waals surface area contributed by atoms with Gasteiger partial charge in [0.25, 0.3) is 0 Å². The van der Waals surface area contributed by atoms with E-state index in [9.17, 15) is 9.50 Å². The SMILES string of the molecule is CC(C)(C)C1CCC(CO)(Cc2ccc(F)c(Br)c2)CC1. The molecule has 0 radical (unpaired) electrons. The first-order valence-corrected chi connectivity index (χ1v) is 8.60. The van der Waals surface area contributed by atoms with Crippen LogP contribution in [0.25, 0.3) is 0 Å². The average molecular weight is 357 g/mol. The molecule has 1 aliphatic carbocycles.